The van der Waals surface area contributed by atoms with Crippen LogP contribution in [0.1, 0.15) is 37.2 Å². The summed E-state index contributed by atoms with van der Waals surface area (Å²) in [5.74, 6) is -0.120. The lowest BCUT2D eigenvalue weighted by Crippen LogP contribution is -2.33. The minimum absolute atomic E-state index is 0.0388. The molecule has 0 aliphatic heterocycles. The van der Waals surface area contributed by atoms with Gasteiger partial charge in [-0.05, 0) is 36.4 Å². The van der Waals surface area contributed by atoms with Crippen LogP contribution < -0.4 is 0 Å². The van der Waals surface area contributed by atoms with Crippen molar-refractivity contribution in [3.8, 4) is 16.3 Å². The van der Waals surface area contributed by atoms with Crippen LogP contribution in [0.15, 0.2) is 47.8 Å². The van der Waals surface area contributed by atoms with Crippen molar-refractivity contribution >= 4 is 22.9 Å². The number of benzene rings is 1. The highest BCUT2D eigenvalue weighted by Gasteiger charge is 2.23. The average Bonchev–Trinajstić information content (AvgIpc) is 3.37. The third kappa shape index (κ3) is 4.12. The lowest BCUT2D eigenvalue weighted by atomic mass is 10.2. The molecule has 0 N–H and O–H groups in total. The number of amides is 1. The van der Waals surface area contributed by atoms with Crippen LogP contribution in [0.3, 0.4) is 0 Å². The first kappa shape index (κ1) is 19.8. The SMILES string of the molecule is CCCN(CCC)C(=O)c1cc(-c2cccs2)nn1-c1cccc([N+](=O)[O-])c1. The number of nitrogens with zero attached hydrogens (tertiary/aromatic N) is 4. The van der Waals surface area contributed by atoms with Gasteiger partial charge in [0.15, 0.2) is 0 Å². The minimum Gasteiger partial charge on any atom is -0.337 e. The van der Waals surface area contributed by atoms with E-state index in [2.05, 4.69) is 5.10 Å². The second-order valence-corrected chi connectivity index (χ2v) is 7.32. The van der Waals surface area contributed by atoms with Crippen molar-refractivity contribution in [1.29, 1.82) is 0 Å². The van der Waals surface area contributed by atoms with E-state index in [0.717, 1.165) is 17.7 Å². The van der Waals surface area contributed by atoms with E-state index in [1.54, 1.807) is 18.2 Å². The Bertz CT molecular complexity index is 960. The number of aromatic nitrogens is 2. The van der Waals surface area contributed by atoms with Gasteiger partial charge >= 0.3 is 0 Å². The Labute approximate surface area is 167 Å². The van der Waals surface area contributed by atoms with Crippen molar-refractivity contribution in [3.63, 3.8) is 0 Å². The quantitative estimate of drug-likeness (QED) is 0.404. The first-order chi connectivity index (χ1) is 13.5. The summed E-state index contributed by atoms with van der Waals surface area (Å²) in [6.07, 6.45) is 1.71. The number of rotatable bonds is 8. The van der Waals surface area contributed by atoms with E-state index >= 15 is 0 Å². The van der Waals surface area contributed by atoms with E-state index < -0.39 is 4.92 Å². The molecule has 0 bridgehead atoms. The van der Waals surface area contributed by atoms with Crippen molar-refractivity contribution in [2.24, 2.45) is 0 Å². The summed E-state index contributed by atoms with van der Waals surface area (Å²) in [5, 5.41) is 17.7. The molecule has 0 radical (unpaired) electrons. The molecular formula is C20H22N4O3S. The van der Waals surface area contributed by atoms with Crippen LogP contribution >= 0.6 is 11.3 Å². The highest BCUT2D eigenvalue weighted by Crippen LogP contribution is 2.27. The lowest BCUT2D eigenvalue weighted by Gasteiger charge is -2.21. The normalized spacial score (nSPS) is 10.8. The highest BCUT2D eigenvalue weighted by atomic mass is 32.1. The molecule has 8 heteroatoms. The van der Waals surface area contributed by atoms with Crippen LogP contribution in [-0.2, 0) is 0 Å². The molecule has 0 atom stereocenters. The Hall–Kier alpha value is -3.00. The molecule has 0 unspecified atom stereocenters. The summed E-state index contributed by atoms with van der Waals surface area (Å²) in [6, 6.07) is 11.8. The number of hydrogen-bond donors (Lipinski definition) is 0. The zero-order chi connectivity index (χ0) is 20.1. The van der Waals surface area contributed by atoms with Crippen molar-refractivity contribution in [1.82, 2.24) is 14.7 Å². The van der Waals surface area contributed by atoms with Gasteiger partial charge in [-0.3, -0.25) is 14.9 Å². The minimum atomic E-state index is -0.449. The van der Waals surface area contributed by atoms with Crippen LogP contribution in [0.5, 0.6) is 0 Å². The Morgan fingerprint density at radius 3 is 2.54 bits per heavy atom. The standard InChI is InChI=1S/C20H22N4O3S/c1-3-10-22(11-4-2)20(25)18-14-17(19-9-6-12-28-19)21-23(18)15-7-5-8-16(13-15)24(26)27/h5-9,12-14H,3-4,10-11H2,1-2H3. The molecular weight excluding hydrogens is 376 g/mol. The molecule has 0 spiro atoms. The van der Waals surface area contributed by atoms with Crippen LogP contribution in [0.2, 0.25) is 0 Å². The van der Waals surface area contributed by atoms with E-state index in [9.17, 15) is 14.9 Å². The Balaban J connectivity index is 2.11. The van der Waals surface area contributed by atoms with Crippen molar-refractivity contribution in [2.75, 3.05) is 13.1 Å². The van der Waals surface area contributed by atoms with Gasteiger partial charge in [0.25, 0.3) is 11.6 Å². The molecule has 0 saturated carbocycles. The summed E-state index contributed by atoms with van der Waals surface area (Å²) >= 11 is 1.53. The fraction of sp³-hybridized carbons (Fsp3) is 0.300. The van der Waals surface area contributed by atoms with E-state index in [1.165, 1.54) is 28.2 Å². The van der Waals surface area contributed by atoms with E-state index in [0.29, 0.717) is 30.2 Å². The predicted octanol–water partition coefficient (Wildman–Crippen LogP) is 4.77. The molecule has 0 fully saturated rings. The maximum absolute atomic E-state index is 13.3. The fourth-order valence-corrected chi connectivity index (χ4v) is 3.71. The first-order valence-electron chi connectivity index (χ1n) is 9.23. The topological polar surface area (TPSA) is 81.3 Å². The molecule has 2 heterocycles. The summed E-state index contributed by atoms with van der Waals surface area (Å²) in [7, 11) is 0. The Morgan fingerprint density at radius 2 is 1.93 bits per heavy atom. The number of carbonyl (C=O) groups excluding carboxylic acids is 1. The second kappa shape index (κ2) is 8.79. The zero-order valence-corrected chi connectivity index (χ0v) is 16.7. The third-order valence-electron chi connectivity index (χ3n) is 4.26. The summed E-state index contributed by atoms with van der Waals surface area (Å²) in [5.41, 5.74) is 1.54. The maximum Gasteiger partial charge on any atom is 0.272 e. The number of thiophene rings is 1. The van der Waals surface area contributed by atoms with Gasteiger partial charge in [-0.15, -0.1) is 11.3 Å². The van der Waals surface area contributed by atoms with Gasteiger partial charge in [0.2, 0.25) is 0 Å². The summed E-state index contributed by atoms with van der Waals surface area (Å²) < 4.78 is 1.52. The first-order valence-corrected chi connectivity index (χ1v) is 10.1. The second-order valence-electron chi connectivity index (χ2n) is 6.37. The molecule has 0 saturated heterocycles. The number of nitro groups is 1. The maximum atomic E-state index is 13.3. The van der Waals surface area contributed by atoms with Crippen molar-refractivity contribution in [2.45, 2.75) is 26.7 Å². The van der Waals surface area contributed by atoms with E-state index in [-0.39, 0.29) is 11.6 Å². The van der Waals surface area contributed by atoms with Crippen LogP contribution in [0, 0.1) is 10.1 Å². The smallest absolute Gasteiger partial charge is 0.272 e. The van der Waals surface area contributed by atoms with Crippen molar-refractivity contribution < 1.29 is 9.72 Å². The number of non-ortho nitro benzene ring substituents is 1. The average molecular weight is 398 g/mol. The molecule has 28 heavy (non-hydrogen) atoms. The van der Waals surface area contributed by atoms with Gasteiger partial charge in [-0.2, -0.15) is 5.10 Å². The summed E-state index contributed by atoms with van der Waals surface area (Å²) in [4.78, 5) is 26.7. The predicted molar refractivity (Wildman–Crippen MR) is 110 cm³/mol. The van der Waals surface area contributed by atoms with Gasteiger partial charge < -0.3 is 4.90 Å². The fourth-order valence-electron chi connectivity index (χ4n) is 3.03. The Morgan fingerprint density at radius 1 is 1.18 bits per heavy atom. The molecule has 0 aliphatic rings. The molecule has 1 amide bonds. The zero-order valence-electron chi connectivity index (χ0n) is 15.9. The number of hydrogen-bond acceptors (Lipinski definition) is 5. The van der Waals surface area contributed by atoms with Gasteiger partial charge in [0, 0.05) is 25.2 Å². The molecule has 1 aromatic carbocycles. The van der Waals surface area contributed by atoms with Gasteiger partial charge in [-0.25, -0.2) is 4.68 Å². The van der Waals surface area contributed by atoms with Crippen LogP contribution in [0.25, 0.3) is 16.3 Å². The van der Waals surface area contributed by atoms with Crippen LogP contribution in [0.4, 0.5) is 5.69 Å². The Kier molecular flexibility index (Phi) is 6.20. The van der Waals surface area contributed by atoms with Crippen LogP contribution in [-0.4, -0.2) is 38.6 Å². The van der Waals surface area contributed by atoms with Gasteiger partial charge in [-0.1, -0.05) is 26.0 Å². The number of nitro benzene ring substituents is 1. The van der Waals surface area contributed by atoms with Gasteiger partial charge in [0.1, 0.15) is 11.4 Å². The molecule has 7 nitrogen and oxygen atoms in total. The lowest BCUT2D eigenvalue weighted by molar-refractivity contribution is -0.384. The monoisotopic (exact) mass is 398 g/mol. The van der Waals surface area contributed by atoms with E-state index in [4.69, 9.17) is 0 Å². The highest BCUT2D eigenvalue weighted by molar-refractivity contribution is 7.13. The van der Waals surface area contributed by atoms with E-state index in [1.807, 2.05) is 36.3 Å². The van der Waals surface area contributed by atoms with Gasteiger partial charge in [0.05, 0.1) is 15.5 Å². The number of carbonyl (C=O) groups is 1. The molecule has 146 valence electrons. The molecule has 3 aromatic rings. The molecule has 2 aromatic heterocycles. The molecule has 0 aliphatic carbocycles. The molecule has 3 rings (SSSR count). The third-order valence-corrected chi connectivity index (χ3v) is 5.15. The van der Waals surface area contributed by atoms with Crippen molar-refractivity contribution in [3.05, 3.63) is 63.7 Å². The largest absolute Gasteiger partial charge is 0.337 e. The summed E-state index contributed by atoms with van der Waals surface area (Å²) in [6.45, 7) is 5.37.